The molecule has 212 valence electrons. The average Bonchev–Trinajstić information content (AvgIpc) is 3.72. The first kappa shape index (κ1) is 26.5. The Morgan fingerprint density at radius 1 is 1.17 bits per heavy atom. The smallest absolute Gasteiger partial charge is 0.249 e. The van der Waals surface area contributed by atoms with Gasteiger partial charge in [0, 0.05) is 36.8 Å². The Labute approximate surface area is 234 Å². The number of aromatic nitrogens is 9. The van der Waals surface area contributed by atoms with Crippen LogP contribution in [-0.4, -0.2) is 60.9 Å². The fraction of sp³-hybridized carbons (Fsp3) is 0.370. The number of anilines is 2. The Morgan fingerprint density at radius 2 is 1.98 bits per heavy atom. The monoisotopic (exact) mass is 559 g/mol. The van der Waals surface area contributed by atoms with E-state index < -0.39 is 11.9 Å². The van der Waals surface area contributed by atoms with Crippen LogP contribution in [0.1, 0.15) is 61.6 Å². The van der Waals surface area contributed by atoms with Gasteiger partial charge in [0.05, 0.1) is 30.0 Å². The van der Waals surface area contributed by atoms with Crippen LogP contribution in [0.5, 0.6) is 0 Å². The summed E-state index contributed by atoms with van der Waals surface area (Å²) in [5.41, 5.74) is 2.30. The lowest BCUT2D eigenvalue weighted by Gasteiger charge is -2.31. The van der Waals surface area contributed by atoms with Gasteiger partial charge in [-0.1, -0.05) is 6.07 Å². The van der Waals surface area contributed by atoms with E-state index in [9.17, 15) is 14.4 Å². The first-order chi connectivity index (χ1) is 19.8. The van der Waals surface area contributed by atoms with E-state index in [1.807, 2.05) is 20.0 Å². The van der Waals surface area contributed by atoms with Crippen molar-refractivity contribution in [3.63, 3.8) is 0 Å². The van der Waals surface area contributed by atoms with Crippen LogP contribution >= 0.6 is 0 Å². The van der Waals surface area contributed by atoms with Gasteiger partial charge < -0.3 is 5.32 Å². The number of nitrogens with one attached hydrogen (secondary N) is 2. The van der Waals surface area contributed by atoms with Gasteiger partial charge in [-0.2, -0.15) is 15.3 Å². The number of carbonyl (C=O) groups is 1. The fourth-order valence-corrected chi connectivity index (χ4v) is 5.24. The van der Waals surface area contributed by atoms with E-state index >= 15 is 0 Å². The lowest BCUT2D eigenvalue weighted by atomic mass is 9.81. The van der Waals surface area contributed by atoms with Gasteiger partial charge in [-0.15, -0.1) is 0 Å². The summed E-state index contributed by atoms with van der Waals surface area (Å²) >= 11 is 0. The number of hydroxylamine groups is 2. The number of hydrogen-bond acceptors (Lipinski definition) is 9. The van der Waals surface area contributed by atoms with Crippen LogP contribution in [0.4, 0.5) is 16.0 Å². The molecule has 0 bridgehead atoms. The van der Waals surface area contributed by atoms with Crippen LogP contribution in [-0.2, 0) is 11.8 Å². The first-order valence-electron chi connectivity index (χ1n) is 13.4. The third-order valence-corrected chi connectivity index (χ3v) is 7.63. The molecule has 0 unspecified atom stereocenters. The fourth-order valence-electron chi connectivity index (χ4n) is 5.24. The number of H-pyrrole nitrogens is 1. The highest BCUT2D eigenvalue weighted by Crippen LogP contribution is 2.37. The summed E-state index contributed by atoms with van der Waals surface area (Å²) in [6, 6.07) is 4.69. The highest BCUT2D eigenvalue weighted by Gasteiger charge is 2.33. The van der Waals surface area contributed by atoms with Crippen molar-refractivity contribution in [3.05, 3.63) is 65.9 Å². The highest BCUT2D eigenvalue weighted by atomic mass is 19.1. The van der Waals surface area contributed by atoms with Gasteiger partial charge in [0.2, 0.25) is 5.91 Å². The molecule has 3 N–H and O–H groups in total. The highest BCUT2D eigenvalue weighted by molar-refractivity contribution is 5.88. The number of aryl methyl sites for hydroxylation is 2. The lowest BCUT2D eigenvalue weighted by Crippen LogP contribution is -2.37. The van der Waals surface area contributed by atoms with Gasteiger partial charge in [-0.3, -0.25) is 19.8 Å². The summed E-state index contributed by atoms with van der Waals surface area (Å²) < 4.78 is 16.3. The molecule has 1 atom stereocenters. The lowest BCUT2D eigenvalue weighted by molar-refractivity contribution is -0.181. The third-order valence-electron chi connectivity index (χ3n) is 7.63. The maximum absolute atomic E-state index is 13.3. The van der Waals surface area contributed by atoms with Crippen LogP contribution < -0.4 is 5.32 Å². The summed E-state index contributed by atoms with van der Waals surface area (Å²) in [6.45, 7) is 3.66. The number of amides is 1. The second-order valence-electron chi connectivity index (χ2n) is 10.5. The van der Waals surface area contributed by atoms with Crippen LogP contribution in [0.25, 0.3) is 16.9 Å². The predicted octanol–water partition coefficient (Wildman–Crippen LogP) is 4.11. The van der Waals surface area contributed by atoms with E-state index in [0.29, 0.717) is 54.5 Å². The van der Waals surface area contributed by atoms with Crippen LogP contribution in [0.2, 0.25) is 0 Å². The molecular formula is C27H30FN11O2. The van der Waals surface area contributed by atoms with Crippen molar-refractivity contribution in [2.75, 3.05) is 5.32 Å². The molecule has 5 heterocycles. The van der Waals surface area contributed by atoms with Gasteiger partial charge >= 0.3 is 0 Å². The normalized spacial score (nSPS) is 18.0. The number of halogens is 1. The molecule has 41 heavy (non-hydrogen) atoms. The summed E-state index contributed by atoms with van der Waals surface area (Å²) in [5.74, 6) is 1.38. The summed E-state index contributed by atoms with van der Waals surface area (Å²) in [4.78, 5) is 27.2. The Hall–Kier alpha value is -4.72. The number of rotatable bonds is 7. The second-order valence-corrected chi connectivity index (χ2v) is 10.5. The van der Waals surface area contributed by atoms with Gasteiger partial charge in [0.1, 0.15) is 11.6 Å². The Bertz CT molecular complexity index is 1690. The number of fused-ring (bicyclic) bond motifs is 1. The number of carbonyl (C=O) groups excluding carboxylic acids is 1. The molecule has 0 radical (unpaired) electrons. The SMILES string of the molecule is Cc1cc(Nc2nc([C@H]3CC[C@H](C(=O)N(O)[C@@H](C)c4ccc(-n5cc(F)cn5)nc4)CC3)nc3c2cnn3C)n[nH]1. The molecule has 1 amide bonds. The van der Waals surface area contributed by atoms with Gasteiger partial charge in [-0.25, -0.2) is 29.1 Å². The van der Waals surface area contributed by atoms with Gasteiger partial charge in [-0.05, 0) is 51.2 Å². The minimum absolute atomic E-state index is 0.0632. The zero-order valence-corrected chi connectivity index (χ0v) is 22.9. The van der Waals surface area contributed by atoms with Crippen molar-refractivity contribution < 1.29 is 14.4 Å². The topological polar surface area (TPSA) is 156 Å². The Kier molecular flexibility index (Phi) is 6.91. The molecule has 6 rings (SSSR count). The molecule has 0 spiro atoms. The van der Waals surface area contributed by atoms with E-state index in [1.165, 1.54) is 10.9 Å². The predicted molar refractivity (Wildman–Crippen MR) is 146 cm³/mol. The summed E-state index contributed by atoms with van der Waals surface area (Å²) in [6.07, 6.45) is 8.22. The molecule has 0 saturated heterocycles. The number of nitrogens with zero attached hydrogens (tertiary/aromatic N) is 9. The molecule has 0 aromatic carbocycles. The number of aromatic amines is 1. The quantitative estimate of drug-likeness (QED) is 0.197. The third kappa shape index (κ3) is 5.25. The zero-order chi connectivity index (χ0) is 28.7. The average molecular weight is 560 g/mol. The van der Waals surface area contributed by atoms with Crippen molar-refractivity contribution in [3.8, 4) is 5.82 Å². The van der Waals surface area contributed by atoms with E-state index in [2.05, 4.69) is 30.7 Å². The molecule has 14 heteroatoms. The van der Waals surface area contributed by atoms with Crippen LogP contribution in [0.15, 0.2) is 43.0 Å². The maximum atomic E-state index is 13.3. The van der Waals surface area contributed by atoms with Crippen LogP contribution in [0, 0.1) is 18.7 Å². The summed E-state index contributed by atoms with van der Waals surface area (Å²) in [7, 11) is 1.84. The minimum Gasteiger partial charge on any atom is -0.323 e. The largest absolute Gasteiger partial charge is 0.323 e. The summed E-state index contributed by atoms with van der Waals surface area (Å²) in [5, 5.41) is 31.1. The van der Waals surface area contributed by atoms with Crippen molar-refractivity contribution in [1.82, 2.24) is 49.8 Å². The molecule has 13 nitrogen and oxygen atoms in total. The molecule has 1 aliphatic carbocycles. The molecule has 1 saturated carbocycles. The molecule has 5 aromatic heterocycles. The van der Waals surface area contributed by atoms with E-state index in [1.54, 1.807) is 36.1 Å². The minimum atomic E-state index is -0.606. The molecule has 1 aliphatic rings. The van der Waals surface area contributed by atoms with E-state index in [0.717, 1.165) is 28.0 Å². The second kappa shape index (κ2) is 10.7. The maximum Gasteiger partial charge on any atom is 0.249 e. The number of pyridine rings is 1. The molecule has 1 fully saturated rings. The molecule has 0 aliphatic heterocycles. The van der Waals surface area contributed by atoms with Crippen molar-refractivity contribution in [2.45, 2.75) is 51.5 Å². The standard InChI is InChI=1S/C27H30FN11O2/c1-15-10-22(36-35-15)32-25-21-13-30-37(3)26(21)34-24(33-25)17-4-6-18(7-5-17)27(40)39(41)16(2)19-8-9-23(29-11-19)38-14-20(28)12-31-38/h8-14,16-18,41H,4-7H2,1-3H3,(H2,32,33,34,35,36)/t16-,17-,18-/m0/s1. The number of hydrogen-bond donors (Lipinski definition) is 3. The van der Waals surface area contributed by atoms with E-state index in [4.69, 9.17) is 9.97 Å². The van der Waals surface area contributed by atoms with Gasteiger partial charge in [0.15, 0.2) is 23.1 Å². The molecular weight excluding hydrogens is 529 g/mol. The zero-order valence-electron chi connectivity index (χ0n) is 22.9. The Balaban J connectivity index is 1.12. The first-order valence-corrected chi connectivity index (χ1v) is 13.4. The van der Waals surface area contributed by atoms with E-state index in [-0.39, 0.29) is 17.7 Å². The Morgan fingerprint density at radius 3 is 2.63 bits per heavy atom. The van der Waals surface area contributed by atoms with Crippen molar-refractivity contribution in [1.29, 1.82) is 0 Å². The molecule has 5 aromatic rings. The van der Waals surface area contributed by atoms with Crippen molar-refractivity contribution in [2.24, 2.45) is 13.0 Å². The van der Waals surface area contributed by atoms with Gasteiger partial charge in [0.25, 0.3) is 0 Å². The van der Waals surface area contributed by atoms with Crippen molar-refractivity contribution >= 4 is 28.6 Å². The van der Waals surface area contributed by atoms with Crippen LogP contribution in [0.3, 0.4) is 0 Å².